The summed E-state index contributed by atoms with van der Waals surface area (Å²) in [6.07, 6.45) is 0. The molecule has 7 heteroatoms. The highest BCUT2D eigenvalue weighted by Gasteiger charge is 2.40. The summed E-state index contributed by atoms with van der Waals surface area (Å²) in [6.45, 7) is 1.96. The highest BCUT2D eigenvalue weighted by Crippen LogP contribution is 2.29. The maximum absolute atomic E-state index is 12.4. The van der Waals surface area contributed by atoms with Gasteiger partial charge in [0.05, 0.1) is 10.8 Å². The molecule has 5 nitrogen and oxygen atoms in total. The van der Waals surface area contributed by atoms with Crippen LogP contribution in [0, 0.1) is 11.8 Å². The number of sulfonamides is 1. The summed E-state index contributed by atoms with van der Waals surface area (Å²) in [5.74, 6) is -1.82. The molecule has 0 aromatic heterocycles. The van der Waals surface area contributed by atoms with Gasteiger partial charge in [0.25, 0.3) is 0 Å². The molecule has 1 N–H and O–H groups in total. The van der Waals surface area contributed by atoms with Crippen molar-refractivity contribution in [2.75, 3.05) is 13.1 Å². The molecule has 2 rings (SSSR count). The summed E-state index contributed by atoms with van der Waals surface area (Å²) >= 11 is 5.79. The van der Waals surface area contributed by atoms with Gasteiger partial charge < -0.3 is 5.11 Å². The van der Waals surface area contributed by atoms with Gasteiger partial charge in [0.15, 0.2) is 0 Å². The molecule has 104 valence electrons. The van der Waals surface area contributed by atoms with Gasteiger partial charge >= 0.3 is 5.97 Å². The van der Waals surface area contributed by atoms with Gasteiger partial charge in [-0.3, -0.25) is 4.79 Å². The van der Waals surface area contributed by atoms with Crippen molar-refractivity contribution in [3.05, 3.63) is 29.3 Å². The van der Waals surface area contributed by atoms with E-state index in [1.807, 2.05) is 0 Å². The number of hydrogen-bond donors (Lipinski definition) is 1. The topological polar surface area (TPSA) is 74.7 Å². The third-order valence-corrected chi connectivity index (χ3v) is 5.39. The van der Waals surface area contributed by atoms with Crippen molar-refractivity contribution in [2.45, 2.75) is 11.8 Å². The predicted molar refractivity (Wildman–Crippen MR) is 70.5 cm³/mol. The number of aliphatic carboxylic acids is 1. The summed E-state index contributed by atoms with van der Waals surface area (Å²) in [6, 6.07) is 5.98. The van der Waals surface area contributed by atoms with Crippen LogP contribution >= 0.6 is 11.6 Å². The zero-order valence-electron chi connectivity index (χ0n) is 10.3. The molecule has 1 aliphatic rings. The molecule has 0 unspecified atom stereocenters. The number of hydrogen-bond acceptors (Lipinski definition) is 3. The van der Waals surface area contributed by atoms with Crippen LogP contribution < -0.4 is 0 Å². The Morgan fingerprint density at radius 2 is 2.11 bits per heavy atom. The van der Waals surface area contributed by atoms with Crippen molar-refractivity contribution in [3.8, 4) is 0 Å². The van der Waals surface area contributed by atoms with E-state index in [0.717, 1.165) is 0 Å². The van der Waals surface area contributed by atoms with Crippen molar-refractivity contribution < 1.29 is 18.3 Å². The van der Waals surface area contributed by atoms with E-state index in [9.17, 15) is 13.2 Å². The van der Waals surface area contributed by atoms with E-state index < -0.39 is 21.9 Å². The minimum atomic E-state index is -3.68. The van der Waals surface area contributed by atoms with Gasteiger partial charge in [-0.2, -0.15) is 4.31 Å². The molecule has 0 saturated carbocycles. The lowest BCUT2D eigenvalue weighted by Crippen LogP contribution is -2.30. The quantitative estimate of drug-likeness (QED) is 0.922. The third kappa shape index (κ3) is 2.75. The Balaban J connectivity index is 2.30. The Morgan fingerprint density at radius 1 is 1.42 bits per heavy atom. The zero-order chi connectivity index (χ0) is 14.2. The number of halogens is 1. The molecule has 2 atom stereocenters. The molecule has 0 amide bonds. The zero-order valence-corrected chi connectivity index (χ0v) is 11.9. The Labute approximate surface area is 116 Å². The number of nitrogens with zero attached hydrogens (tertiary/aromatic N) is 1. The van der Waals surface area contributed by atoms with Gasteiger partial charge in [0.1, 0.15) is 0 Å². The van der Waals surface area contributed by atoms with Crippen molar-refractivity contribution >= 4 is 27.6 Å². The lowest BCUT2D eigenvalue weighted by molar-refractivity contribution is -0.142. The molecule has 1 aromatic rings. The van der Waals surface area contributed by atoms with Gasteiger partial charge in [-0.05, 0) is 24.1 Å². The molecular formula is C12H14ClNO4S. The SMILES string of the molecule is C[C@@H]1CN(S(=O)(=O)c2cccc(Cl)c2)C[C@H]1C(=O)O. The second-order valence-electron chi connectivity index (χ2n) is 4.70. The van der Waals surface area contributed by atoms with Crippen LogP contribution in [0.4, 0.5) is 0 Å². The monoisotopic (exact) mass is 303 g/mol. The van der Waals surface area contributed by atoms with Gasteiger partial charge in [-0.1, -0.05) is 24.6 Å². The van der Waals surface area contributed by atoms with Gasteiger partial charge in [0, 0.05) is 18.1 Å². The Hall–Kier alpha value is -1.11. The second kappa shape index (κ2) is 5.11. The largest absolute Gasteiger partial charge is 0.481 e. The number of benzene rings is 1. The van der Waals surface area contributed by atoms with Crippen molar-refractivity contribution in [2.24, 2.45) is 11.8 Å². The van der Waals surface area contributed by atoms with Crippen molar-refractivity contribution in [1.29, 1.82) is 0 Å². The highest BCUT2D eigenvalue weighted by molar-refractivity contribution is 7.89. The third-order valence-electron chi connectivity index (χ3n) is 3.33. The lowest BCUT2D eigenvalue weighted by atomic mass is 9.99. The molecule has 0 aliphatic carbocycles. The molecule has 1 heterocycles. The molecular weight excluding hydrogens is 290 g/mol. The molecule has 1 fully saturated rings. The molecule has 19 heavy (non-hydrogen) atoms. The number of carboxylic acid groups (broad SMARTS) is 1. The summed E-state index contributed by atoms with van der Waals surface area (Å²) in [5.41, 5.74) is 0. The van der Waals surface area contributed by atoms with E-state index in [1.165, 1.54) is 16.4 Å². The summed E-state index contributed by atoms with van der Waals surface area (Å²) in [4.78, 5) is 11.1. The summed E-state index contributed by atoms with van der Waals surface area (Å²) < 4.78 is 26.0. The smallest absolute Gasteiger partial charge is 0.308 e. The molecule has 0 bridgehead atoms. The van der Waals surface area contributed by atoms with Gasteiger partial charge in [0.2, 0.25) is 10.0 Å². The molecule has 1 aromatic carbocycles. The summed E-state index contributed by atoms with van der Waals surface area (Å²) in [5, 5.41) is 9.38. The van der Waals surface area contributed by atoms with Crippen LogP contribution in [0.25, 0.3) is 0 Å². The van der Waals surface area contributed by atoms with Gasteiger partial charge in [-0.15, -0.1) is 0 Å². The predicted octanol–water partition coefficient (Wildman–Crippen LogP) is 1.68. The van der Waals surface area contributed by atoms with E-state index in [0.29, 0.717) is 5.02 Å². The molecule has 0 radical (unpaired) electrons. The normalized spacial score (nSPS) is 24.5. The second-order valence-corrected chi connectivity index (χ2v) is 7.08. The Bertz CT molecular complexity index is 602. The van der Waals surface area contributed by atoms with E-state index in [2.05, 4.69) is 0 Å². The fraction of sp³-hybridized carbons (Fsp3) is 0.417. The van der Waals surface area contributed by atoms with Crippen LogP contribution in [0.15, 0.2) is 29.2 Å². The maximum atomic E-state index is 12.4. The van der Waals surface area contributed by atoms with Crippen molar-refractivity contribution in [3.63, 3.8) is 0 Å². The standard InChI is InChI=1S/C12H14ClNO4S/c1-8-6-14(7-11(8)12(15)16)19(17,18)10-4-2-3-9(13)5-10/h2-5,8,11H,6-7H2,1H3,(H,15,16)/t8-,11-/m1/s1. The Kier molecular flexibility index (Phi) is 3.85. The average Bonchev–Trinajstić information content (AvgIpc) is 2.72. The van der Waals surface area contributed by atoms with Crippen LogP contribution in [0.1, 0.15) is 6.92 Å². The van der Waals surface area contributed by atoms with Crippen LogP contribution in [-0.4, -0.2) is 36.9 Å². The highest BCUT2D eigenvalue weighted by atomic mass is 35.5. The molecule has 0 spiro atoms. The van der Waals surface area contributed by atoms with E-state index in [-0.39, 0.29) is 23.9 Å². The first-order chi connectivity index (χ1) is 8.82. The van der Waals surface area contributed by atoms with Crippen molar-refractivity contribution in [1.82, 2.24) is 4.31 Å². The van der Waals surface area contributed by atoms with Gasteiger partial charge in [-0.25, -0.2) is 8.42 Å². The first-order valence-corrected chi connectivity index (χ1v) is 7.62. The van der Waals surface area contributed by atoms with E-state index >= 15 is 0 Å². The molecule has 1 saturated heterocycles. The first kappa shape index (κ1) is 14.3. The van der Waals surface area contributed by atoms with Crippen LogP contribution in [-0.2, 0) is 14.8 Å². The van der Waals surface area contributed by atoms with E-state index in [4.69, 9.17) is 16.7 Å². The minimum absolute atomic E-state index is 0.00530. The number of rotatable bonds is 3. The minimum Gasteiger partial charge on any atom is -0.481 e. The number of carbonyl (C=O) groups is 1. The van der Waals surface area contributed by atoms with Crippen LogP contribution in [0.2, 0.25) is 5.02 Å². The van der Waals surface area contributed by atoms with Crippen LogP contribution in [0.3, 0.4) is 0 Å². The maximum Gasteiger partial charge on any atom is 0.308 e. The lowest BCUT2D eigenvalue weighted by Gasteiger charge is -2.16. The van der Waals surface area contributed by atoms with E-state index in [1.54, 1.807) is 19.1 Å². The first-order valence-electron chi connectivity index (χ1n) is 5.81. The fourth-order valence-electron chi connectivity index (χ4n) is 2.22. The average molecular weight is 304 g/mol. The molecule has 1 aliphatic heterocycles. The Morgan fingerprint density at radius 3 is 2.63 bits per heavy atom. The summed E-state index contributed by atoms with van der Waals surface area (Å²) in [7, 11) is -3.68. The fourth-order valence-corrected chi connectivity index (χ4v) is 4.08. The number of carboxylic acids is 1. The van der Waals surface area contributed by atoms with Crippen LogP contribution in [0.5, 0.6) is 0 Å².